The molecule has 162 valence electrons. The minimum Gasteiger partial charge on any atom is -0.503 e. The maximum Gasteiger partial charge on any atom is 0.306 e. The fourth-order valence-electron chi connectivity index (χ4n) is 2.74. The van der Waals surface area contributed by atoms with E-state index < -0.39 is 5.60 Å². The summed E-state index contributed by atoms with van der Waals surface area (Å²) >= 11 is 1.36. The number of nitrogens with zero attached hydrogens (tertiary/aromatic N) is 3. The van der Waals surface area contributed by atoms with Gasteiger partial charge >= 0.3 is 5.97 Å². The van der Waals surface area contributed by atoms with Crippen LogP contribution in [0.4, 0.5) is 11.5 Å². The molecule has 31 heavy (non-hydrogen) atoms. The Balaban J connectivity index is 2.06. The Kier molecular flexibility index (Phi) is 8.30. The number of carbonyl (C=O) groups is 1. The molecule has 0 aliphatic rings. The van der Waals surface area contributed by atoms with Crippen LogP contribution in [0.1, 0.15) is 50.8 Å². The maximum atomic E-state index is 11.9. The van der Waals surface area contributed by atoms with Crippen LogP contribution < -0.4 is 10.5 Å². The molecule has 2 rings (SSSR count). The highest BCUT2D eigenvalue weighted by molar-refractivity contribution is 7.98. The van der Waals surface area contributed by atoms with Crippen LogP contribution in [0.25, 0.3) is 4.85 Å². The second-order valence-electron chi connectivity index (χ2n) is 7.70. The Morgan fingerprint density at radius 2 is 1.94 bits per heavy atom. The first-order valence-electron chi connectivity index (χ1n) is 9.84. The quantitative estimate of drug-likeness (QED) is 0.349. The van der Waals surface area contributed by atoms with Gasteiger partial charge in [-0.2, -0.15) is 5.26 Å². The standard InChI is InChI=1S/C23H26N4O3S/c1-6-29-20-17(13-24)22(27-21(25)19(20)26-5)31-14-16-9-7-15(8-10-16)11-12-18(28)30-23(2,3)4/h7-10H,6,11-12,14H2,1-4H3,(H2,25,27). The molecule has 0 atom stereocenters. The van der Waals surface area contributed by atoms with E-state index in [0.29, 0.717) is 30.2 Å². The third-order valence-corrected chi connectivity index (χ3v) is 5.12. The van der Waals surface area contributed by atoms with E-state index in [1.165, 1.54) is 11.8 Å². The normalized spacial score (nSPS) is 10.8. The predicted octanol–water partition coefficient (Wildman–Crippen LogP) is 5.05. The van der Waals surface area contributed by atoms with Gasteiger partial charge in [0, 0.05) is 12.2 Å². The van der Waals surface area contributed by atoms with Crippen LogP contribution in [-0.4, -0.2) is 23.2 Å². The van der Waals surface area contributed by atoms with Crippen molar-refractivity contribution < 1.29 is 14.3 Å². The van der Waals surface area contributed by atoms with Gasteiger partial charge in [-0.1, -0.05) is 24.3 Å². The second kappa shape index (κ2) is 10.7. The number of benzene rings is 1. The van der Waals surface area contributed by atoms with Crippen LogP contribution in [0.2, 0.25) is 0 Å². The molecule has 1 aromatic heterocycles. The summed E-state index contributed by atoms with van der Waals surface area (Å²) in [6, 6.07) is 9.99. The van der Waals surface area contributed by atoms with E-state index in [-0.39, 0.29) is 28.8 Å². The molecule has 0 amide bonds. The summed E-state index contributed by atoms with van der Waals surface area (Å²) in [7, 11) is 0. The van der Waals surface area contributed by atoms with Gasteiger partial charge in [-0.15, -0.1) is 11.8 Å². The lowest BCUT2D eigenvalue weighted by Crippen LogP contribution is -2.23. The molecule has 2 aromatic rings. The zero-order valence-electron chi connectivity index (χ0n) is 18.2. The summed E-state index contributed by atoms with van der Waals surface area (Å²) in [4.78, 5) is 19.5. The van der Waals surface area contributed by atoms with Crippen molar-refractivity contribution in [2.45, 2.75) is 56.9 Å². The molecule has 1 heterocycles. The summed E-state index contributed by atoms with van der Waals surface area (Å²) in [5.41, 5.74) is 7.79. The maximum absolute atomic E-state index is 11.9. The predicted molar refractivity (Wildman–Crippen MR) is 121 cm³/mol. The lowest BCUT2D eigenvalue weighted by molar-refractivity contribution is -0.154. The molecule has 0 saturated heterocycles. The van der Waals surface area contributed by atoms with E-state index in [1.807, 2.05) is 45.0 Å². The van der Waals surface area contributed by atoms with Gasteiger partial charge in [-0.05, 0) is 45.2 Å². The number of hydrogen-bond acceptors (Lipinski definition) is 7. The lowest BCUT2D eigenvalue weighted by Gasteiger charge is -2.19. The average Bonchev–Trinajstić information content (AvgIpc) is 2.70. The first kappa shape index (κ1) is 24.0. The van der Waals surface area contributed by atoms with Gasteiger partial charge in [0.2, 0.25) is 0 Å². The number of ether oxygens (including phenoxy) is 2. The number of thioether (sulfide) groups is 1. The molecule has 8 heteroatoms. The number of hydrogen-bond donors (Lipinski definition) is 1. The molecule has 0 aliphatic carbocycles. The first-order valence-corrected chi connectivity index (χ1v) is 10.8. The molecular weight excluding hydrogens is 412 g/mol. The fourth-order valence-corrected chi connectivity index (χ4v) is 3.68. The van der Waals surface area contributed by atoms with Gasteiger partial charge in [0.05, 0.1) is 13.2 Å². The van der Waals surface area contributed by atoms with Crippen molar-refractivity contribution in [3.8, 4) is 11.8 Å². The number of aryl methyl sites for hydroxylation is 1. The highest BCUT2D eigenvalue weighted by Gasteiger charge is 2.20. The van der Waals surface area contributed by atoms with E-state index in [0.717, 1.165) is 11.1 Å². The topological polar surface area (TPSA) is 103 Å². The zero-order valence-corrected chi connectivity index (χ0v) is 19.0. The van der Waals surface area contributed by atoms with Gasteiger partial charge in [0.25, 0.3) is 5.69 Å². The molecule has 0 spiro atoms. The summed E-state index contributed by atoms with van der Waals surface area (Å²) in [6.07, 6.45) is 0.933. The average molecular weight is 439 g/mol. The highest BCUT2D eigenvalue weighted by atomic mass is 32.2. The van der Waals surface area contributed by atoms with Crippen LogP contribution in [0, 0.1) is 17.9 Å². The number of nitrogen functional groups attached to an aromatic ring is 1. The summed E-state index contributed by atoms with van der Waals surface area (Å²) < 4.78 is 10.8. The van der Waals surface area contributed by atoms with Crippen LogP contribution >= 0.6 is 11.8 Å². The second-order valence-corrected chi connectivity index (χ2v) is 8.67. The van der Waals surface area contributed by atoms with E-state index in [9.17, 15) is 10.1 Å². The monoisotopic (exact) mass is 438 g/mol. The molecule has 7 nitrogen and oxygen atoms in total. The Hall–Kier alpha value is -3.23. The Bertz CT molecular complexity index is 1020. The fraction of sp³-hybridized carbons (Fsp3) is 0.391. The number of pyridine rings is 1. The molecule has 0 radical (unpaired) electrons. The van der Waals surface area contributed by atoms with Gasteiger partial charge < -0.3 is 15.2 Å². The number of carbonyl (C=O) groups excluding carboxylic acids is 1. The molecule has 0 unspecified atom stereocenters. The van der Waals surface area contributed by atoms with Crippen molar-refractivity contribution in [2.75, 3.05) is 12.3 Å². The Morgan fingerprint density at radius 1 is 1.29 bits per heavy atom. The van der Waals surface area contributed by atoms with Gasteiger partial charge in [0.1, 0.15) is 28.1 Å². The summed E-state index contributed by atoms with van der Waals surface area (Å²) in [6.45, 7) is 14.9. The number of aromatic nitrogens is 1. The third kappa shape index (κ3) is 6.91. The number of rotatable bonds is 8. The largest absolute Gasteiger partial charge is 0.503 e. The van der Waals surface area contributed by atoms with Crippen molar-refractivity contribution in [2.24, 2.45) is 0 Å². The summed E-state index contributed by atoms with van der Waals surface area (Å²) in [5.74, 6) is 0.592. The highest BCUT2D eigenvalue weighted by Crippen LogP contribution is 2.41. The minimum atomic E-state index is -0.479. The van der Waals surface area contributed by atoms with Crippen molar-refractivity contribution >= 4 is 29.2 Å². The molecule has 0 bridgehead atoms. The SMILES string of the molecule is [C-]#[N+]c1c(N)nc(SCc2ccc(CCC(=O)OC(C)(C)C)cc2)c(C#N)c1OCC. The summed E-state index contributed by atoms with van der Waals surface area (Å²) in [5, 5.41) is 10.0. The molecule has 0 fully saturated rings. The third-order valence-electron chi connectivity index (χ3n) is 4.07. The van der Waals surface area contributed by atoms with Gasteiger partial charge in [-0.25, -0.2) is 9.83 Å². The van der Waals surface area contributed by atoms with Crippen molar-refractivity contribution in [3.05, 3.63) is 52.4 Å². The Morgan fingerprint density at radius 3 is 2.48 bits per heavy atom. The molecule has 1 aromatic carbocycles. The molecule has 0 aliphatic heterocycles. The van der Waals surface area contributed by atoms with Gasteiger partial charge in [0.15, 0.2) is 5.75 Å². The van der Waals surface area contributed by atoms with E-state index in [1.54, 1.807) is 6.92 Å². The van der Waals surface area contributed by atoms with Crippen molar-refractivity contribution in [3.63, 3.8) is 0 Å². The van der Waals surface area contributed by atoms with Crippen molar-refractivity contribution in [1.82, 2.24) is 4.98 Å². The van der Waals surface area contributed by atoms with E-state index in [2.05, 4.69) is 15.9 Å². The van der Waals surface area contributed by atoms with Crippen LogP contribution in [0.3, 0.4) is 0 Å². The zero-order chi connectivity index (χ0) is 23.0. The van der Waals surface area contributed by atoms with Crippen molar-refractivity contribution in [1.29, 1.82) is 5.26 Å². The molecule has 2 N–H and O–H groups in total. The lowest BCUT2D eigenvalue weighted by atomic mass is 10.1. The number of nitrogens with two attached hydrogens (primary N) is 1. The van der Waals surface area contributed by atoms with Crippen LogP contribution in [0.15, 0.2) is 29.3 Å². The van der Waals surface area contributed by atoms with Crippen LogP contribution in [0.5, 0.6) is 5.75 Å². The van der Waals surface area contributed by atoms with Crippen LogP contribution in [-0.2, 0) is 21.7 Å². The minimum absolute atomic E-state index is 0.0532. The number of nitriles is 1. The van der Waals surface area contributed by atoms with E-state index >= 15 is 0 Å². The number of anilines is 1. The van der Waals surface area contributed by atoms with E-state index in [4.69, 9.17) is 21.8 Å². The Labute approximate surface area is 187 Å². The number of esters is 1. The first-order chi connectivity index (χ1) is 14.7. The molecular formula is C23H26N4O3S. The smallest absolute Gasteiger partial charge is 0.306 e. The van der Waals surface area contributed by atoms with Gasteiger partial charge in [-0.3, -0.25) is 4.79 Å². The molecule has 0 saturated carbocycles.